The Labute approximate surface area is 113 Å². The van der Waals surface area contributed by atoms with E-state index in [1.165, 1.54) is 6.20 Å². The zero-order chi connectivity index (χ0) is 13.7. The minimum atomic E-state index is -0.0459. The third kappa shape index (κ3) is 3.44. The van der Waals surface area contributed by atoms with E-state index in [-0.39, 0.29) is 12.0 Å². The van der Waals surface area contributed by atoms with Gasteiger partial charge < -0.3 is 15.4 Å². The van der Waals surface area contributed by atoms with Crippen molar-refractivity contribution >= 4 is 11.6 Å². The van der Waals surface area contributed by atoms with Gasteiger partial charge in [-0.2, -0.15) is 0 Å². The Hall–Kier alpha value is -1.62. The summed E-state index contributed by atoms with van der Waals surface area (Å²) in [5, 5.41) is 0. The monoisotopic (exact) mass is 263 g/mol. The summed E-state index contributed by atoms with van der Waals surface area (Å²) in [5.74, 6) is -0.0459. The summed E-state index contributed by atoms with van der Waals surface area (Å²) in [4.78, 5) is 18.2. The van der Waals surface area contributed by atoms with Gasteiger partial charge in [0, 0.05) is 37.8 Å². The lowest BCUT2D eigenvalue weighted by molar-refractivity contribution is 0.00213. The molecule has 0 spiro atoms. The molecule has 19 heavy (non-hydrogen) atoms. The van der Waals surface area contributed by atoms with Gasteiger partial charge in [0.2, 0.25) is 0 Å². The van der Waals surface area contributed by atoms with Gasteiger partial charge in [-0.25, -0.2) is 0 Å². The minimum Gasteiger partial charge on any atom is -0.398 e. The summed E-state index contributed by atoms with van der Waals surface area (Å²) >= 11 is 0. The van der Waals surface area contributed by atoms with Crippen molar-refractivity contribution in [3.8, 4) is 0 Å². The Balaban J connectivity index is 2.01. The summed E-state index contributed by atoms with van der Waals surface area (Å²) in [5.41, 5.74) is 6.79. The van der Waals surface area contributed by atoms with Gasteiger partial charge in [-0.1, -0.05) is 6.92 Å². The smallest absolute Gasteiger partial charge is 0.257 e. The number of ether oxygens (including phenoxy) is 1. The Morgan fingerprint density at radius 1 is 1.63 bits per heavy atom. The van der Waals surface area contributed by atoms with Crippen LogP contribution in [0, 0.1) is 0 Å². The first-order valence-electron chi connectivity index (χ1n) is 6.82. The summed E-state index contributed by atoms with van der Waals surface area (Å²) in [6.07, 6.45) is 6.27. The van der Waals surface area contributed by atoms with Crippen LogP contribution >= 0.6 is 0 Å². The number of nitrogen functional groups attached to an aromatic ring is 1. The number of rotatable bonds is 4. The van der Waals surface area contributed by atoms with Crippen LogP contribution < -0.4 is 5.73 Å². The van der Waals surface area contributed by atoms with Gasteiger partial charge in [0.1, 0.15) is 0 Å². The minimum absolute atomic E-state index is 0.0459. The Kier molecular flexibility index (Phi) is 4.74. The molecule has 104 valence electrons. The van der Waals surface area contributed by atoms with Crippen LogP contribution in [0.4, 0.5) is 5.69 Å². The van der Waals surface area contributed by atoms with E-state index in [0.29, 0.717) is 17.8 Å². The fraction of sp³-hybridized carbons (Fsp3) is 0.571. The van der Waals surface area contributed by atoms with Crippen LogP contribution in [0.25, 0.3) is 0 Å². The highest BCUT2D eigenvalue weighted by atomic mass is 16.5. The van der Waals surface area contributed by atoms with Crippen molar-refractivity contribution in [2.75, 3.05) is 25.4 Å². The standard InChI is InChI=1S/C14H21N3O2/c1-2-8-19-11-4-3-7-17(10-11)14(18)12-9-16-6-5-13(12)15/h5-6,9,11H,2-4,7-8,10H2,1H3,(H2,15,16). The third-order valence-corrected chi connectivity index (χ3v) is 3.31. The van der Waals surface area contributed by atoms with Gasteiger partial charge in [0.25, 0.3) is 5.91 Å². The number of amides is 1. The summed E-state index contributed by atoms with van der Waals surface area (Å²) in [6.45, 7) is 4.25. The average molecular weight is 263 g/mol. The summed E-state index contributed by atoms with van der Waals surface area (Å²) in [6, 6.07) is 1.66. The zero-order valence-electron chi connectivity index (χ0n) is 11.3. The maximum absolute atomic E-state index is 12.4. The van der Waals surface area contributed by atoms with E-state index in [1.807, 2.05) is 4.90 Å². The molecule has 1 atom stereocenters. The van der Waals surface area contributed by atoms with Gasteiger partial charge in [0.05, 0.1) is 11.7 Å². The Morgan fingerprint density at radius 2 is 2.47 bits per heavy atom. The molecule has 1 unspecified atom stereocenters. The number of carbonyl (C=O) groups excluding carboxylic acids is 1. The number of nitrogens with two attached hydrogens (primary N) is 1. The molecule has 5 heteroatoms. The second-order valence-electron chi connectivity index (χ2n) is 4.85. The van der Waals surface area contributed by atoms with E-state index in [9.17, 15) is 4.79 Å². The zero-order valence-corrected chi connectivity index (χ0v) is 11.3. The fourth-order valence-corrected chi connectivity index (χ4v) is 2.30. The van der Waals surface area contributed by atoms with Crippen molar-refractivity contribution in [2.45, 2.75) is 32.3 Å². The molecule has 1 saturated heterocycles. The Bertz CT molecular complexity index is 436. The highest BCUT2D eigenvalue weighted by Crippen LogP contribution is 2.18. The van der Waals surface area contributed by atoms with Gasteiger partial charge >= 0.3 is 0 Å². The molecule has 1 fully saturated rings. The predicted molar refractivity (Wildman–Crippen MR) is 73.8 cm³/mol. The molecule has 5 nitrogen and oxygen atoms in total. The molecule has 1 aromatic heterocycles. The lowest BCUT2D eigenvalue weighted by Gasteiger charge is -2.32. The SMILES string of the molecule is CCCOC1CCCN(C(=O)c2cnccc2N)C1. The average Bonchev–Trinajstić information content (AvgIpc) is 2.45. The van der Waals surface area contributed by atoms with E-state index in [0.717, 1.165) is 32.4 Å². The van der Waals surface area contributed by atoms with Crippen LogP contribution in [-0.4, -0.2) is 41.6 Å². The van der Waals surface area contributed by atoms with E-state index >= 15 is 0 Å². The van der Waals surface area contributed by atoms with Gasteiger partial charge in [0.15, 0.2) is 0 Å². The molecule has 0 radical (unpaired) electrons. The van der Waals surface area contributed by atoms with Crippen LogP contribution in [-0.2, 0) is 4.74 Å². The first kappa shape index (κ1) is 13.8. The van der Waals surface area contributed by atoms with Crippen LogP contribution in [0.3, 0.4) is 0 Å². The van der Waals surface area contributed by atoms with Crippen molar-refractivity contribution in [1.29, 1.82) is 0 Å². The Morgan fingerprint density at radius 3 is 3.21 bits per heavy atom. The van der Waals surface area contributed by atoms with E-state index < -0.39 is 0 Å². The normalized spacial score (nSPS) is 19.4. The van der Waals surface area contributed by atoms with Crippen LogP contribution in [0.2, 0.25) is 0 Å². The van der Waals surface area contributed by atoms with Crippen LogP contribution in [0.5, 0.6) is 0 Å². The van der Waals surface area contributed by atoms with E-state index in [4.69, 9.17) is 10.5 Å². The number of hydrogen-bond donors (Lipinski definition) is 1. The number of piperidine rings is 1. The van der Waals surface area contributed by atoms with Gasteiger partial charge in [-0.3, -0.25) is 9.78 Å². The lowest BCUT2D eigenvalue weighted by Crippen LogP contribution is -2.43. The fourth-order valence-electron chi connectivity index (χ4n) is 2.30. The lowest BCUT2D eigenvalue weighted by atomic mass is 10.1. The van der Waals surface area contributed by atoms with Crippen LogP contribution in [0.15, 0.2) is 18.5 Å². The first-order chi connectivity index (χ1) is 9.22. The number of anilines is 1. The second-order valence-corrected chi connectivity index (χ2v) is 4.85. The number of pyridine rings is 1. The van der Waals surface area contributed by atoms with Crippen molar-refractivity contribution in [3.63, 3.8) is 0 Å². The van der Waals surface area contributed by atoms with Crippen molar-refractivity contribution < 1.29 is 9.53 Å². The van der Waals surface area contributed by atoms with Gasteiger partial charge in [-0.05, 0) is 25.3 Å². The van der Waals surface area contributed by atoms with Crippen molar-refractivity contribution in [2.24, 2.45) is 0 Å². The molecule has 2 N–H and O–H groups in total. The molecule has 0 aromatic carbocycles. The molecule has 1 amide bonds. The molecule has 1 aliphatic heterocycles. The molecule has 2 rings (SSSR count). The van der Waals surface area contributed by atoms with Gasteiger partial charge in [-0.15, -0.1) is 0 Å². The molecular formula is C14H21N3O2. The predicted octanol–water partition coefficient (Wildman–Crippen LogP) is 1.70. The largest absolute Gasteiger partial charge is 0.398 e. The maximum Gasteiger partial charge on any atom is 0.257 e. The van der Waals surface area contributed by atoms with Crippen molar-refractivity contribution in [3.05, 3.63) is 24.0 Å². The van der Waals surface area contributed by atoms with E-state index in [2.05, 4.69) is 11.9 Å². The number of aromatic nitrogens is 1. The third-order valence-electron chi connectivity index (χ3n) is 3.31. The molecule has 1 aromatic rings. The molecule has 0 saturated carbocycles. The summed E-state index contributed by atoms with van der Waals surface area (Å²) in [7, 11) is 0. The topological polar surface area (TPSA) is 68.5 Å². The maximum atomic E-state index is 12.4. The highest BCUT2D eigenvalue weighted by Gasteiger charge is 2.25. The van der Waals surface area contributed by atoms with Crippen LogP contribution in [0.1, 0.15) is 36.5 Å². The second kappa shape index (κ2) is 6.52. The van der Waals surface area contributed by atoms with Crippen molar-refractivity contribution in [1.82, 2.24) is 9.88 Å². The number of hydrogen-bond acceptors (Lipinski definition) is 4. The highest BCUT2D eigenvalue weighted by molar-refractivity contribution is 5.98. The first-order valence-corrected chi connectivity index (χ1v) is 6.82. The molecule has 0 aliphatic carbocycles. The molecule has 2 heterocycles. The number of nitrogens with zero attached hydrogens (tertiary/aromatic N) is 2. The quantitative estimate of drug-likeness (QED) is 0.897. The molecule has 0 bridgehead atoms. The molecular weight excluding hydrogens is 242 g/mol. The number of carbonyl (C=O) groups is 1. The van der Waals surface area contributed by atoms with E-state index in [1.54, 1.807) is 12.3 Å². The summed E-state index contributed by atoms with van der Waals surface area (Å²) < 4.78 is 5.74. The molecule has 1 aliphatic rings. The number of likely N-dealkylation sites (tertiary alicyclic amines) is 1.